The van der Waals surface area contributed by atoms with Gasteiger partial charge < -0.3 is 64.4 Å². The Labute approximate surface area is 208 Å². The zero-order chi connectivity index (χ0) is 21.0. The first-order chi connectivity index (χ1) is 14.7. The average molecular weight is 523 g/mol. The number of carbonyl (C=O) groups excluding carboxylic acids is 2. The normalized spacial score (nSPS) is 26.9. The summed E-state index contributed by atoms with van der Waals surface area (Å²) in [6.45, 7) is 6.15. The number of hydrogen-bond acceptors (Lipinski definition) is 12. The quantitative estimate of drug-likeness (QED) is 0.0929. The summed E-state index contributed by atoms with van der Waals surface area (Å²) in [5.41, 5.74) is 0. The summed E-state index contributed by atoms with van der Waals surface area (Å²) in [5, 5.41) is 0. The fourth-order valence-electron chi connectivity index (χ4n) is 2.32. The van der Waals surface area contributed by atoms with Crippen molar-refractivity contribution in [1.82, 2.24) is 0 Å². The molecule has 0 amide bonds. The maximum atomic E-state index is 10.6. The maximum absolute atomic E-state index is 10.6. The third-order valence-electron chi connectivity index (χ3n) is 4.06. The molecule has 4 aliphatic heterocycles. The number of epoxide rings is 2. The average Bonchev–Trinajstić information content (AvgIpc) is 3.65. The van der Waals surface area contributed by atoms with Crippen molar-refractivity contribution >= 4 is 12.3 Å². The Kier molecular flexibility index (Phi) is 15.5. The van der Waals surface area contributed by atoms with Crippen molar-refractivity contribution in [2.45, 2.75) is 24.4 Å². The van der Waals surface area contributed by atoms with Crippen LogP contribution < -0.4 is 35.8 Å². The molecule has 0 aromatic rings. The first-order valence-corrected chi connectivity index (χ1v) is 9.90. The second-order valence-corrected chi connectivity index (χ2v) is 6.81. The van der Waals surface area contributed by atoms with Crippen LogP contribution in [0.4, 0.5) is 9.59 Å². The zero-order valence-electron chi connectivity index (χ0n) is 18.1. The van der Waals surface area contributed by atoms with Crippen molar-refractivity contribution in [3.8, 4) is 0 Å². The second kappa shape index (κ2) is 16.9. The van der Waals surface area contributed by atoms with Crippen LogP contribution in [0.2, 0.25) is 0 Å². The molecule has 4 unspecified atom stereocenters. The van der Waals surface area contributed by atoms with Gasteiger partial charge in [-0.25, -0.2) is 9.59 Å². The molecule has 0 N–H and O–H groups in total. The fraction of sp³-hybridized carbons (Fsp3) is 0.889. The number of hydrogen-bond donors (Lipinski definition) is 0. The van der Waals surface area contributed by atoms with E-state index < -0.39 is 12.3 Å². The molecule has 4 fully saturated rings. The summed E-state index contributed by atoms with van der Waals surface area (Å²) in [6.07, 6.45) is -1.30. The summed E-state index contributed by atoms with van der Waals surface area (Å²) in [4.78, 5) is 21.2. The maximum Gasteiger partial charge on any atom is 1.00 e. The fourth-order valence-corrected chi connectivity index (χ4v) is 2.32. The van der Waals surface area contributed by atoms with Crippen LogP contribution in [-0.4, -0.2) is 116 Å². The minimum atomic E-state index is -0.664. The second-order valence-electron chi connectivity index (χ2n) is 6.81. The molecule has 4 atom stereocenters. The monoisotopic (exact) mass is 522 g/mol. The van der Waals surface area contributed by atoms with Gasteiger partial charge in [0.2, 0.25) is 0 Å². The van der Waals surface area contributed by atoms with Crippen LogP contribution in [0.1, 0.15) is 0 Å². The van der Waals surface area contributed by atoms with Gasteiger partial charge in [0.1, 0.15) is 25.4 Å². The van der Waals surface area contributed by atoms with E-state index >= 15 is 0 Å². The molecule has 14 heteroatoms. The Morgan fingerprint density at radius 3 is 1.16 bits per heavy atom. The molecule has 0 bridgehead atoms. The van der Waals surface area contributed by atoms with Gasteiger partial charge in [-0.2, -0.15) is 0 Å². The van der Waals surface area contributed by atoms with Crippen LogP contribution in [0.25, 0.3) is 0 Å². The van der Waals surface area contributed by atoms with Gasteiger partial charge in [0, 0.05) is 0 Å². The summed E-state index contributed by atoms with van der Waals surface area (Å²) in [5.74, 6) is 0. The van der Waals surface area contributed by atoms with Crippen LogP contribution in [0.5, 0.6) is 0 Å². The van der Waals surface area contributed by atoms with Crippen molar-refractivity contribution in [2.24, 2.45) is 0 Å². The third-order valence-corrected chi connectivity index (χ3v) is 4.06. The van der Waals surface area contributed by atoms with E-state index in [4.69, 9.17) is 37.9 Å². The van der Waals surface area contributed by atoms with Crippen LogP contribution >= 0.6 is 0 Å². The molecule has 180 valence electrons. The standard InChI is InChI=1S/C10H14O8.C8H14O4.BrH.Li/c11-9-15-5-7(17-9)3-13-1-2-14-4-8-6-16-10(12)18-8;1(9-3-7-5-11-7)2-10-4-8-6-12-8;;/h7-8H,1-6H2;7-8H,1-6H2;1H;/q;;;+1/p-1. The van der Waals surface area contributed by atoms with Crippen LogP contribution in [-0.2, 0) is 47.4 Å². The van der Waals surface area contributed by atoms with Gasteiger partial charge >= 0.3 is 31.2 Å². The predicted molar refractivity (Wildman–Crippen MR) is 95.2 cm³/mol. The van der Waals surface area contributed by atoms with E-state index in [0.717, 1.165) is 13.2 Å². The molecule has 32 heavy (non-hydrogen) atoms. The topological polar surface area (TPSA) is 133 Å². The van der Waals surface area contributed by atoms with Gasteiger partial charge in [-0.1, -0.05) is 0 Å². The third kappa shape index (κ3) is 13.8. The Morgan fingerprint density at radius 2 is 0.906 bits per heavy atom. The zero-order valence-corrected chi connectivity index (χ0v) is 19.7. The summed E-state index contributed by atoms with van der Waals surface area (Å²) in [7, 11) is 0. The molecular weight excluding hydrogens is 495 g/mol. The number of ether oxygens (including phenoxy) is 10. The van der Waals surface area contributed by atoms with Gasteiger partial charge in [0.25, 0.3) is 0 Å². The molecule has 12 nitrogen and oxygen atoms in total. The molecule has 4 heterocycles. The minimum absolute atomic E-state index is 0. The van der Waals surface area contributed by atoms with E-state index in [-0.39, 0.29) is 74.5 Å². The summed E-state index contributed by atoms with van der Waals surface area (Å²) < 4.78 is 49.6. The molecule has 0 aromatic carbocycles. The van der Waals surface area contributed by atoms with Crippen molar-refractivity contribution in [2.75, 3.05) is 79.3 Å². The van der Waals surface area contributed by atoms with Crippen molar-refractivity contribution in [1.29, 1.82) is 0 Å². The van der Waals surface area contributed by atoms with Crippen LogP contribution in [0, 0.1) is 0 Å². The van der Waals surface area contributed by atoms with E-state index in [1.807, 2.05) is 0 Å². The van der Waals surface area contributed by atoms with E-state index in [2.05, 4.69) is 9.47 Å². The molecule has 0 radical (unpaired) electrons. The number of halogens is 1. The first-order valence-electron chi connectivity index (χ1n) is 9.90. The van der Waals surface area contributed by atoms with Crippen molar-refractivity contribution in [3.63, 3.8) is 0 Å². The Morgan fingerprint density at radius 1 is 0.594 bits per heavy atom. The first kappa shape index (κ1) is 29.4. The van der Waals surface area contributed by atoms with Crippen LogP contribution in [0.3, 0.4) is 0 Å². The Hall–Kier alpha value is -0.623. The summed E-state index contributed by atoms with van der Waals surface area (Å²) >= 11 is 0. The van der Waals surface area contributed by atoms with Gasteiger partial charge in [0.15, 0.2) is 12.2 Å². The molecular formula is C18H28BrLiO12. The molecule has 0 aliphatic carbocycles. The smallest absolute Gasteiger partial charge is 1.00 e. The molecule has 4 rings (SSSR count). The molecule has 0 spiro atoms. The van der Waals surface area contributed by atoms with E-state index in [1.54, 1.807) is 0 Å². The van der Waals surface area contributed by atoms with Gasteiger partial charge in [0.05, 0.1) is 66.1 Å². The molecule has 4 aliphatic rings. The van der Waals surface area contributed by atoms with E-state index in [9.17, 15) is 9.59 Å². The summed E-state index contributed by atoms with van der Waals surface area (Å²) in [6, 6.07) is 0. The molecule has 4 saturated heterocycles. The van der Waals surface area contributed by atoms with E-state index in [0.29, 0.717) is 51.8 Å². The number of rotatable bonds is 14. The SMILES string of the molecule is C(COCC1CO1)OCC1CO1.O=C1OCC(COCCOCC2COC(=O)O2)O1.[Br-].[Li+]. The van der Waals surface area contributed by atoms with Crippen molar-refractivity contribution in [3.05, 3.63) is 0 Å². The molecule has 0 aromatic heterocycles. The Bertz CT molecular complexity index is 488. The number of cyclic esters (lactones) is 4. The van der Waals surface area contributed by atoms with Crippen molar-refractivity contribution < 1.29 is 92.8 Å². The van der Waals surface area contributed by atoms with Gasteiger partial charge in [-0.3, -0.25) is 0 Å². The van der Waals surface area contributed by atoms with Gasteiger partial charge in [-0.05, 0) is 0 Å². The van der Waals surface area contributed by atoms with E-state index in [1.165, 1.54) is 0 Å². The van der Waals surface area contributed by atoms with Gasteiger partial charge in [-0.15, -0.1) is 0 Å². The molecule has 0 saturated carbocycles. The minimum Gasteiger partial charge on any atom is -1.00 e. The number of carbonyl (C=O) groups is 2. The Balaban J connectivity index is 0.000000321. The predicted octanol–water partition coefficient (Wildman–Crippen LogP) is -6.08. The van der Waals surface area contributed by atoms with Crippen LogP contribution in [0.15, 0.2) is 0 Å². The largest absolute Gasteiger partial charge is 1.00 e.